The number of nitrogens with two attached hydrogens (primary N) is 1. The molecule has 1 atom stereocenters. The van der Waals surface area contributed by atoms with Crippen molar-refractivity contribution >= 4 is 51.5 Å². The van der Waals surface area contributed by atoms with E-state index in [1.165, 1.54) is 0 Å². The number of rotatable bonds is 6. The van der Waals surface area contributed by atoms with Crippen LogP contribution in [0.2, 0.25) is 0 Å². The van der Waals surface area contributed by atoms with E-state index in [2.05, 4.69) is 21.4 Å². The maximum absolute atomic E-state index is 5.85. The Kier molecular flexibility index (Phi) is 7.21. The number of thiazole rings is 1. The standard InChI is InChI=1S/C17H20N4O2S.HI/c1-11(10-22-2)20-17(18)19-9-12-7-8-14(23-12)16-21-13-5-3-4-6-15(13)24-16;/h3-8,11H,9-10H2,1-2H3,(H3,18,19,20);1H. The van der Waals surface area contributed by atoms with E-state index in [0.717, 1.165) is 26.7 Å². The number of nitrogens with zero attached hydrogens (tertiary/aromatic N) is 2. The van der Waals surface area contributed by atoms with Gasteiger partial charge < -0.3 is 20.2 Å². The summed E-state index contributed by atoms with van der Waals surface area (Å²) in [6.07, 6.45) is 0. The van der Waals surface area contributed by atoms with Crippen LogP contribution in [0.1, 0.15) is 12.7 Å². The Morgan fingerprint density at radius 1 is 1.36 bits per heavy atom. The molecule has 25 heavy (non-hydrogen) atoms. The van der Waals surface area contributed by atoms with Gasteiger partial charge in [-0.2, -0.15) is 0 Å². The minimum absolute atomic E-state index is 0. The molecule has 0 aliphatic heterocycles. The van der Waals surface area contributed by atoms with Crippen molar-refractivity contribution in [3.8, 4) is 10.8 Å². The highest BCUT2D eigenvalue weighted by atomic mass is 127. The van der Waals surface area contributed by atoms with Crippen LogP contribution in [0.25, 0.3) is 21.0 Å². The summed E-state index contributed by atoms with van der Waals surface area (Å²) >= 11 is 1.61. The molecule has 8 heteroatoms. The molecule has 0 spiro atoms. The van der Waals surface area contributed by atoms with Crippen LogP contribution in [0.5, 0.6) is 0 Å². The Balaban J connectivity index is 0.00000225. The number of aliphatic imine (C=N–C) groups is 1. The number of para-hydroxylation sites is 1. The maximum atomic E-state index is 5.85. The van der Waals surface area contributed by atoms with Gasteiger partial charge in [-0.05, 0) is 31.2 Å². The number of methoxy groups -OCH3 is 1. The lowest BCUT2D eigenvalue weighted by Gasteiger charge is -2.12. The Morgan fingerprint density at radius 3 is 2.92 bits per heavy atom. The molecule has 0 saturated carbocycles. The molecule has 1 unspecified atom stereocenters. The van der Waals surface area contributed by atoms with Gasteiger partial charge in [0.2, 0.25) is 0 Å². The van der Waals surface area contributed by atoms with Crippen molar-refractivity contribution in [2.24, 2.45) is 10.7 Å². The third kappa shape index (κ3) is 5.16. The zero-order valence-corrected chi connectivity index (χ0v) is 17.2. The van der Waals surface area contributed by atoms with Crippen LogP contribution in [0.15, 0.2) is 45.8 Å². The van der Waals surface area contributed by atoms with E-state index >= 15 is 0 Å². The number of hydrogen-bond donors (Lipinski definition) is 2. The SMILES string of the molecule is COCC(C)NC(N)=NCc1ccc(-c2nc3ccccc3s2)o1.I. The van der Waals surface area contributed by atoms with Crippen molar-refractivity contribution in [3.05, 3.63) is 42.2 Å². The van der Waals surface area contributed by atoms with Gasteiger partial charge in [-0.1, -0.05) is 12.1 Å². The molecular formula is C17H21IN4O2S. The van der Waals surface area contributed by atoms with E-state index in [1.807, 2.05) is 37.3 Å². The van der Waals surface area contributed by atoms with E-state index in [-0.39, 0.29) is 30.0 Å². The topological polar surface area (TPSA) is 85.7 Å². The quantitative estimate of drug-likeness (QED) is 0.325. The highest BCUT2D eigenvalue weighted by Crippen LogP contribution is 2.31. The van der Waals surface area contributed by atoms with Crippen molar-refractivity contribution in [2.45, 2.75) is 19.5 Å². The fraction of sp³-hybridized carbons (Fsp3) is 0.294. The first kappa shape index (κ1) is 19.7. The second-order valence-corrected chi connectivity index (χ2v) is 6.49. The molecule has 0 aliphatic carbocycles. The van der Waals surface area contributed by atoms with Gasteiger partial charge in [0.1, 0.15) is 12.3 Å². The molecule has 0 bridgehead atoms. The van der Waals surface area contributed by atoms with Crippen LogP contribution >= 0.6 is 35.3 Å². The van der Waals surface area contributed by atoms with Gasteiger partial charge in [0.25, 0.3) is 0 Å². The summed E-state index contributed by atoms with van der Waals surface area (Å²) < 4.78 is 12.0. The predicted molar refractivity (Wildman–Crippen MR) is 113 cm³/mol. The average Bonchev–Trinajstić information content (AvgIpc) is 3.19. The van der Waals surface area contributed by atoms with Crippen molar-refractivity contribution in [1.29, 1.82) is 0 Å². The van der Waals surface area contributed by atoms with Crippen molar-refractivity contribution in [1.82, 2.24) is 10.3 Å². The van der Waals surface area contributed by atoms with Crippen LogP contribution < -0.4 is 11.1 Å². The second kappa shape index (κ2) is 9.16. The van der Waals surface area contributed by atoms with Crippen molar-refractivity contribution < 1.29 is 9.15 Å². The summed E-state index contributed by atoms with van der Waals surface area (Å²) in [5, 5.41) is 3.92. The molecule has 2 aromatic heterocycles. The van der Waals surface area contributed by atoms with Gasteiger partial charge in [-0.3, -0.25) is 0 Å². The number of hydrogen-bond acceptors (Lipinski definition) is 5. The molecule has 0 fully saturated rings. The lowest BCUT2D eigenvalue weighted by Crippen LogP contribution is -2.40. The second-order valence-electron chi connectivity index (χ2n) is 5.45. The summed E-state index contributed by atoms with van der Waals surface area (Å²) in [7, 11) is 1.65. The third-order valence-corrected chi connectivity index (χ3v) is 4.43. The minimum atomic E-state index is 0. The first-order chi connectivity index (χ1) is 11.7. The zero-order valence-electron chi connectivity index (χ0n) is 14.1. The number of benzene rings is 1. The molecule has 2 heterocycles. The Bertz CT molecular complexity index is 813. The number of fused-ring (bicyclic) bond motifs is 1. The average molecular weight is 472 g/mol. The third-order valence-electron chi connectivity index (χ3n) is 3.38. The number of nitrogens with one attached hydrogen (secondary N) is 1. The summed E-state index contributed by atoms with van der Waals surface area (Å²) in [5.41, 5.74) is 6.83. The highest BCUT2D eigenvalue weighted by molar-refractivity contribution is 14.0. The van der Waals surface area contributed by atoms with Gasteiger partial charge in [-0.25, -0.2) is 9.98 Å². The number of furan rings is 1. The Labute approximate surface area is 167 Å². The minimum Gasteiger partial charge on any atom is -0.457 e. The van der Waals surface area contributed by atoms with Gasteiger partial charge in [0, 0.05) is 13.2 Å². The Morgan fingerprint density at radius 2 is 2.16 bits per heavy atom. The van der Waals surface area contributed by atoms with Crippen molar-refractivity contribution in [2.75, 3.05) is 13.7 Å². The van der Waals surface area contributed by atoms with Crippen LogP contribution in [0.3, 0.4) is 0 Å². The van der Waals surface area contributed by atoms with Gasteiger partial charge in [-0.15, -0.1) is 35.3 Å². The number of ether oxygens (including phenoxy) is 1. The van der Waals surface area contributed by atoms with E-state index in [4.69, 9.17) is 14.9 Å². The zero-order chi connectivity index (χ0) is 16.9. The first-order valence-electron chi connectivity index (χ1n) is 7.66. The van der Waals surface area contributed by atoms with Crippen LogP contribution in [0.4, 0.5) is 0 Å². The molecule has 1 aromatic carbocycles. The van der Waals surface area contributed by atoms with Crippen LogP contribution in [-0.2, 0) is 11.3 Å². The Hall–Kier alpha value is -1.65. The van der Waals surface area contributed by atoms with Gasteiger partial charge >= 0.3 is 0 Å². The number of halogens is 1. The molecule has 3 aromatic rings. The molecule has 3 rings (SSSR count). The summed E-state index contributed by atoms with van der Waals surface area (Å²) in [4.78, 5) is 8.87. The number of guanidine groups is 1. The molecule has 0 radical (unpaired) electrons. The first-order valence-corrected chi connectivity index (χ1v) is 8.47. The summed E-state index contributed by atoms with van der Waals surface area (Å²) in [6.45, 7) is 2.92. The summed E-state index contributed by atoms with van der Waals surface area (Å²) in [5.74, 6) is 1.87. The van der Waals surface area contributed by atoms with Crippen LogP contribution in [0, 0.1) is 0 Å². The van der Waals surface area contributed by atoms with Crippen LogP contribution in [-0.4, -0.2) is 30.7 Å². The smallest absolute Gasteiger partial charge is 0.189 e. The van der Waals surface area contributed by atoms with E-state index < -0.39 is 0 Å². The predicted octanol–water partition coefficient (Wildman–Crippen LogP) is 3.61. The fourth-order valence-electron chi connectivity index (χ4n) is 2.31. The van der Waals surface area contributed by atoms with E-state index in [9.17, 15) is 0 Å². The fourth-order valence-corrected chi connectivity index (χ4v) is 3.24. The monoisotopic (exact) mass is 472 g/mol. The van der Waals surface area contributed by atoms with E-state index in [1.54, 1.807) is 18.4 Å². The molecule has 6 nitrogen and oxygen atoms in total. The largest absolute Gasteiger partial charge is 0.457 e. The summed E-state index contributed by atoms with van der Waals surface area (Å²) in [6, 6.07) is 12.0. The molecular weight excluding hydrogens is 451 g/mol. The lowest BCUT2D eigenvalue weighted by molar-refractivity contribution is 0.179. The maximum Gasteiger partial charge on any atom is 0.189 e. The lowest BCUT2D eigenvalue weighted by atomic mass is 10.3. The van der Waals surface area contributed by atoms with Gasteiger partial charge in [0.15, 0.2) is 16.7 Å². The van der Waals surface area contributed by atoms with Crippen molar-refractivity contribution in [3.63, 3.8) is 0 Å². The number of aromatic nitrogens is 1. The molecule has 3 N–H and O–H groups in total. The highest BCUT2D eigenvalue weighted by Gasteiger charge is 2.10. The normalized spacial score (nSPS) is 12.8. The molecule has 0 saturated heterocycles. The molecule has 0 amide bonds. The molecule has 0 aliphatic rings. The van der Waals surface area contributed by atoms with E-state index in [0.29, 0.717) is 19.1 Å². The molecule has 134 valence electrons. The van der Waals surface area contributed by atoms with Gasteiger partial charge in [0.05, 0.1) is 16.8 Å².